The van der Waals surface area contributed by atoms with Crippen molar-refractivity contribution in [1.29, 1.82) is 0 Å². The Hall–Kier alpha value is -4.10. The summed E-state index contributed by atoms with van der Waals surface area (Å²) in [6, 6.07) is 6.97. The molecule has 6 N–H and O–H groups in total. The van der Waals surface area contributed by atoms with E-state index >= 15 is 0 Å². The van der Waals surface area contributed by atoms with Gasteiger partial charge in [-0.25, -0.2) is 9.97 Å². The summed E-state index contributed by atoms with van der Waals surface area (Å²) in [7, 11) is 0. The molecule has 5 heterocycles. The molecule has 47 heavy (non-hydrogen) atoms. The monoisotopic (exact) mass is 684 g/mol. The van der Waals surface area contributed by atoms with E-state index in [4.69, 9.17) is 9.97 Å². The molecular weight excluding hydrogens is 648 g/mol. The van der Waals surface area contributed by atoms with Gasteiger partial charge < -0.3 is 50.2 Å². The third kappa shape index (κ3) is 6.96. The van der Waals surface area contributed by atoms with Crippen molar-refractivity contribution in [2.24, 2.45) is 0 Å². The minimum absolute atomic E-state index is 0. The maximum absolute atomic E-state index is 11.4. The standard InChI is InChI=1S/C34H38N4O8.Fe/c1-15-19(5-7-31(43)44)25-12-26-20(6-8-32(45)46)16(2)22(36-26)10-27-34(30(42)14-40)18(4)24(38-27)11-28-33(29(41)13-39)17(3)23(37-28)9-21(15)35-25;/h9-12,29-30,37-42H,5-8,13-14H2,1-4H3,(H,43,44)(H,45,46);/q;+2/p-2. The first-order valence-corrected chi connectivity index (χ1v) is 15.0. The molecule has 0 aliphatic carbocycles. The summed E-state index contributed by atoms with van der Waals surface area (Å²) in [5, 5.41) is 64.4. The van der Waals surface area contributed by atoms with Crippen molar-refractivity contribution in [3.8, 4) is 0 Å². The van der Waals surface area contributed by atoms with Crippen LogP contribution < -0.4 is 10.2 Å². The first kappa shape index (κ1) is 35.7. The molecular formula is C34H36FeN4O8. The minimum Gasteiger partial charge on any atom is -0.550 e. The van der Waals surface area contributed by atoms with Gasteiger partial charge >= 0.3 is 17.1 Å². The molecule has 13 heteroatoms. The van der Waals surface area contributed by atoms with E-state index in [1.807, 2.05) is 13.8 Å². The SMILES string of the molecule is CC1=C(CCC(=O)[O-])c2cc3nc(cc4[nH]c(cc5[nH]c(cc1n2)c(C)c5C(O)CO)c(C)c4C(O)CO)C(C)=C3CCC(=O)[O-].[Fe+2]. The molecule has 2 unspecified atom stereocenters. The number of H-pyrrole nitrogens is 2. The number of aromatic nitrogens is 4. The van der Waals surface area contributed by atoms with Crippen LogP contribution in [0.4, 0.5) is 0 Å². The smallest absolute Gasteiger partial charge is 0.550 e. The number of nitrogens with one attached hydrogen (secondary N) is 2. The van der Waals surface area contributed by atoms with Crippen LogP contribution in [-0.2, 0) is 26.7 Å². The first-order chi connectivity index (χ1) is 21.8. The zero-order valence-corrected chi connectivity index (χ0v) is 27.5. The van der Waals surface area contributed by atoms with Crippen molar-refractivity contribution in [3.63, 3.8) is 0 Å². The minimum atomic E-state index is -1.23. The predicted octanol–water partition coefficient (Wildman–Crippen LogP) is 1.90. The summed E-state index contributed by atoms with van der Waals surface area (Å²) in [6.07, 6.45) is -2.67. The number of allylic oxidation sites excluding steroid dienone is 4. The van der Waals surface area contributed by atoms with E-state index in [9.17, 15) is 40.2 Å². The van der Waals surface area contributed by atoms with Crippen molar-refractivity contribution in [3.05, 3.63) is 69.3 Å². The topological polar surface area (TPSA) is 219 Å². The maximum Gasteiger partial charge on any atom is 2.00 e. The van der Waals surface area contributed by atoms with Gasteiger partial charge in [0.25, 0.3) is 0 Å². The van der Waals surface area contributed by atoms with Crippen LogP contribution in [0.1, 0.15) is 96.8 Å². The van der Waals surface area contributed by atoms with E-state index < -0.39 is 37.4 Å². The van der Waals surface area contributed by atoms with Crippen LogP contribution in [0, 0.1) is 13.8 Å². The van der Waals surface area contributed by atoms with E-state index in [2.05, 4.69) is 9.97 Å². The molecule has 3 aromatic heterocycles. The van der Waals surface area contributed by atoms with Crippen LogP contribution in [0.2, 0.25) is 0 Å². The third-order valence-corrected chi connectivity index (χ3v) is 8.80. The Balaban J connectivity index is 0.00000500. The zero-order valence-electron chi connectivity index (χ0n) is 26.4. The number of fused-ring (bicyclic) bond motifs is 8. The number of carbonyl (C=O) groups is 2. The number of aliphatic carboxylic acids is 2. The van der Waals surface area contributed by atoms with Crippen LogP contribution in [0.3, 0.4) is 0 Å². The number of nitrogens with zero attached hydrogens (tertiary/aromatic N) is 2. The molecule has 12 nitrogen and oxygen atoms in total. The fourth-order valence-electron chi connectivity index (χ4n) is 6.27. The molecule has 2 aliphatic heterocycles. The molecule has 5 rings (SSSR count). The Bertz CT molecular complexity index is 1970. The fourth-order valence-corrected chi connectivity index (χ4v) is 6.27. The molecule has 248 valence electrons. The second kappa shape index (κ2) is 14.3. The average Bonchev–Trinajstić information content (AvgIpc) is 3.67. The number of hydrogen-bond donors (Lipinski definition) is 6. The number of aliphatic hydroxyl groups is 4. The number of hydrogen-bond acceptors (Lipinski definition) is 10. The van der Waals surface area contributed by atoms with Crippen molar-refractivity contribution in [1.82, 2.24) is 19.9 Å². The van der Waals surface area contributed by atoms with E-state index in [1.54, 1.807) is 38.1 Å². The van der Waals surface area contributed by atoms with Gasteiger partial charge in [0.05, 0.1) is 36.0 Å². The van der Waals surface area contributed by atoms with Gasteiger partial charge in [-0.05, 0) is 111 Å². The van der Waals surface area contributed by atoms with E-state index in [0.717, 1.165) is 5.57 Å². The molecule has 8 bridgehead atoms. The fraction of sp³-hybridized carbons (Fsp3) is 0.353. The van der Waals surface area contributed by atoms with Gasteiger partial charge in [0.2, 0.25) is 0 Å². The van der Waals surface area contributed by atoms with E-state index in [-0.39, 0.29) is 42.8 Å². The second-order valence-electron chi connectivity index (χ2n) is 11.7. The van der Waals surface area contributed by atoms with Crippen LogP contribution >= 0.6 is 0 Å². The van der Waals surface area contributed by atoms with Gasteiger partial charge in [-0.3, -0.25) is 0 Å². The number of carboxylic acid groups (broad SMARTS) is 2. The van der Waals surface area contributed by atoms with E-state index in [1.165, 1.54) is 0 Å². The zero-order chi connectivity index (χ0) is 33.4. The third-order valence-electron chi connectivity index (χ3n) is 8.80. The molecule has 0 amide bonds. The Morgan fingerprint density at radius 3 is 1.45 bits per heavy atom. The largest absolute Gasteiger partial charge is 2.00 e. The summed E-state index contributed by atoms with van der Waals surface area (Å²) in [5.41, 5.74) is 9.07. The Morgan fingerprint density at radius 1 is 0.660 bits per heavy atom. The van der Waals surface area contributed by atoms with Crippen molar-refractivity contribution in [2.45, 2.75) is 65.6 Å². The normalized spacial score (nSPS) is 14.3. The van der Waals surface area contributed by atoms with Crippen LogP contribution in [0.5, 0.6) is 0 Å². The number of rotatable bonds is 10. The molecule has 3 aromatic rings. The van der Waals surface area contributed by atoms with Crippen molar-refractivity contribution in [2.75, 3.05) is 13.2 Å². The molecule has 0 aromatic carbocycles. The molecule has 0 radical (unpaired) electrons. The number of carboxylic acids is 2. The van der Waals surface area contributed by atoms with Gasteiger partial charge in [-0.2, -0.15) is 0 Å². The summed E-state index contributed by atoms with van der Waals surface area (Å²) in [4.78, 5) is 39.2. The summed E-state index contributed by atoms with van der Waals surface area (Å²) in [6.45, 7) is 6.16. The van der Waals surface area contributed by atoms with Crippen LogP contribution in [-0.4, -0.2) is 65.5 Å². The molecule has 0 spiro atoms. The second-order valence-corrected chi connectivity index (χ2v) is 11.7. The van der Waals surface area contributed by atoms with Gasteiger partial charge in [0.1, 0.15) is 12.2 Å². The predicted molar refractivity (Wildman–Crippen MR) is 168 cm³/mol. The Kier molecular flexibility index (Phi) is 10.9. The van der Waals surface area contributed by atoms with Gasteiger partial charge in [-0.15, -0.1) is 0 Å². The van der Waals surface area contributed by atoms with Crippen molar-refractivity contribution >= 4 is 56.3 Å². The number of aryl methyl sites for hydroxylation is 2. The van der Waals surface area contributed by atoms with Gasteiger partial charge in [0.15, 0.2) is 0 Å². The van der Waals surface area contributed by atoms with Crippen LogP contribution in [0.25, 0.3) is 44.4 Å². The number of aromatic amines is 2. The average molecular weight is 685 g/mol. The number of carbonyl (C=O) groups excluding carboxylic acids is 2. The Morgan fingerprint density at radius 2 is 1.04 bits per heavy atom. The molecule has 0 saturated heterocycles. The quantitative estimate of drug-likeness (QED) is 0.170. The Labute approximate surface area is 281 Å². The summed E-state index contributed by atoms with van der Waals surface area (Å²) in [5.74, 6) is -2.43. The van der Waals surface area contributed by atoms with Gasteiger partial charge in [-0.1, -0.05) is 0 Å². The first-order valence-electron chi connectivity index (χ1n) is 15.0. The summed E-state index contributed by atoms with van der Waals surface area (Å²) < 4.78 is 0. The number of aliphatic hydroxyl groups excluding tert-OH is 4. The maximum atomic E-state index is 11.4. The molecule has 2 aliphatic rings. The molecule has 2 atom stereocenters. The summed E-state index contributed by atoms with van der Waals surface area (Å²) >= 11 is 0. The van der Waals surface area contributed by atoms with Gasteiger partial charge in [0, 0.05) is 45.1 Å². The van der Waals surface area contributed by atoms with Crippen molar-refractivity contribution < 1.29 is 57.3 Å². The van der Waals surface area contributed by atoms with E-state index in [0.29, 0.717) is 83.8 Å². The molecule has 0 saturated carbocycles. The van der Waals surface area contributed by atoms with Crippen LogP contribution in [0.15, 0.2) is 24.3 Å². The molecule has 0 fully saturated rings.